The number of nitrogens with one attached hydrogen (secondary N) is 1. The Bertz CT molecular complexity index is 400. The minimum atomic E-state index is -0.264. The Hall–Kier alpha value is -1.39. The highest BCUT2D eigenvalue weighted by atomic mass is 16.5. The summed E-state index contributed by atoms with van der Waals surface area (Å²) in [5.74, 6) is -0.0141. The molecule has 0 aliphatic carbocycles. The van der Waals surface area contributed by atoms with Crippen molar-refractivity contribution in [1.82, 2.24) is 5.32 Å². The molecule has 1 N–H and O–H groups in total. The molecular weight excluding hydrogens is 230 g/mol. The minimum absolute atomic E-state index is 0.0141. The largest absolute Gasteiger partial charge is 0.380 e. The molecule has 0 radical (unpaired) electrons. The van der Waals surface area contributed by atoms with Crippen LogP contribution in [0.15, 0.2) is 24.3 Å². The van der Waals surface area contributed by atoms with Crippen LogP contribution in [0.25, 0.3) is 0 Å². The molecule has 18 heavy (non-hydrogen) atoms. The summed E-state index contributed by atoms with van der Waals surface area (Å²) < 4.78 is 10.5. The van der Waals surface area contributed by atoms with E-state index in [4.69, 9.17) is 9.47 Å². The third-order valence-electron chi connectivity index (χ3n) is 3.09. The Balaban J connectivity index is 1.90. The van der Waals surface area contributed by atoms with E-state index in [1.165, 1.54) is 0 Å². The first-order valence-corrected chi connectivity index (χ1v) is 6.26. The van der Waals surface area contributed by atoms with Crippen molar-refractivity contribution in [2.75, 3.05) is 13.7 Å². The quantitative estimate of drug-likeness (QED) is 0.862. The van der Waals surface area contributed by atoms with E-state index >= 15 is 0 Å². The lowest BCUT2D eigenvalue weighted by Crippen LogP contribution is -2.33. The fourth-order valence-corrected chi connectivity index (χ4v) is 2.11. The van der Waals surface area contributed by atoms with Crippen LogP contribution in [0.1, 0.15) is 24.0 Å². The Morgan fingerprint density at radius 2 is 2.22 bits per heavy atom. The average molecular weight is 249 g/mol. The molecule has 0 unspecified atom stereocenters. The summed E-state index contributed by atoms with van der Waals surface area (Å²) in [6.07, 6.45) is 1.53. The SMILES string of the molecule is COCc1ccccc1CNC(=O)[C@H]1CCCO1. The van der Waals surface area contributed by atoms with Crippen molar-refractivity contribution in [2.45, 2.75) is 32.1 Å². The van der Waals surface area contributed by atoms with E-state index in [-0.39, 0.29) is 12.0 Å². The number of hydrogen-bond donors (Lipinski definition) is 1. The zero-order valence-electron chi connectivity index (χ0n) is 10.6. The summed E-state index contributed by atoms with van der Waals surface area (Å²) in [7, 11) is 1.67. The van der Waals surface area contributed by atoms with E-state index in [1.807, 2.05) is 24.3 Å². The van der Waals surface area contributed by atoms with E-state index in [9.17, 15) is 4.79 Å². The van der Waals surface area contributed by atoms with Crippen LogP contribution in [-0.2, 0) is 27.4 Å². The van der Waals surface area contributed by atoms with Gasteiger partial charge < -0.3 is 14.8 Å². The van der Waals surface area contributed by atoms with Crippen LogP contribution < -0.4 is 5.32 Å². The lowest BCUT2D eigenvalue weighted by molar-refractivity contribution is -0.130. The van der Waals surface area contributed by atoms with Crippen LogP contribution in [0.3, 0.4) is 0 Å². The van der Waals surface area contributed by atoms with Crippen molar-refractivity contribution >= 4 is 5.91 Å². The predicted molar refractivity (Wildman–Crippen MR) is 68.0 cm³/mol. The van der Waals surface area contributed by atoms with Crippen LogP contribution in [0.5, 0.6) is 0 Å². The molecule has 1 saturated heterocycles. The molecular formula is C14H19NO3. The maximum Gasteiger partial charge on any atom is 0.249 e. The Morgan fingerprint density at radius 3 is 2.89 bits per heavy atom. The van der Waals surface area contributed by atoms with Gasteiger partial charge in [0.1, 0.15) is 6.10 Å². The molecule has 1 amide bonds. The van der Waals surface area contributed by atoms with Gasteiger partial charge in [0.15, 0.2) is 0 Å². The third-order valence-corrected chi connectivity index (χ3v) is 3.09. The van der Waals surface area contributed by atoms with Crippen LogP contribution >= 0.6 is 0 Å². The molecule has 1 atom stereocenters. The van der Waals surface area contributed by atoms with Gasteiger partial charge in [-0.15, -0.1) is 0 Å². The molecule has 1 fully saturated rings. The van der Waals surface area contributed by atoms with Crippen molar-refractivity contribution in [3.05, 3.63) is 35.4 Å². The number of benzene rings is 1. The van der Waals surface area contributed by atoms with Gasteiger partial charge in [-0.25, -0.2) is 0 Å². The van der Waals surface area contributed by atoms with Gasteiger partial charge >= 0.3 is 0 Å². The van der Waals surface area contributed by atoms with Crippen molar-refractivity contribution in [1.29, 1.82) is 0 Å². The number of carbonyl (C=O) groups excluding carboxylic acids is 1. The highest BCUT2D eigenvalue weighted by molar-refractivity contribution is 5.80. The zero-order chi connectivity index (χ0) is 12.8. The van der Waals surface area contributed by atoms with Crippen molar-refractivity contribution in [2.24, 2.45) is 0 Å². The minimum Gasteiger partial charge on any atom is -0.380 e. The van der Waals surface area contributed by atoms with Crippen molar-refractivity contribution < 1.29 is 14.3 Å². The van der Waals surface area contributed by atoms with Gasteiger partial charge in [0.25, 0.3) is 0 Å². The molecule has 98 valence electrons. The fourth-order valence-electron chi connectivity index (χ4n) is 2.11. The first-order chi connectivity index (χ1) is 8.81. The molecule has 1 aliphatic rings. The van der Waals surface area contributed by atoms with Gasteiger partial charge in [-0.2, -0.15) is 0 Å². The predicted octanol–water partition coefficient (Wildman–Crippen LogP) is 1.63. The number of carbonyl (C=O) groups is 1. The molecule has 1 aromatic carbocycles. The molecule has 1 aromatic rings. The third kappa shape index (κ3) is 3.31. The van der Waals surface area contributed by atoms with E-state index in [0.29, 0.717) is 19.8 Å². The lowest BCUT2D eigenvalue weighted by Gasteiger charge is -2.12. The van der Waals surface area contributed by atoms with Crippen molar-refractivity contribution in [3.8, 4) is 0 Å². The molecule has 4 nitrogen and oxygen atoms in total. The molecule has 0 bridgehead atoms. The van der Waals surface area contributed by atoms with E-state index in [0.717, 1.165) is 24.0 Å². The summed E-state index contributed by atoms with van der Waals surface area (Å²) in [6.45, 7) is 1.78. The summed E-state index contributed by atoms with van der Waals surface area (Å²) in [5.41, 5.74) is 2.19. The van der Waals surface area contributed by atoms with Gasteiger partial charge in [-0.3, -0.25) is 4.79 Å². The summed E-state index contributed by atoms with van der Waals surface area (Å²) in [5, 5.41) is 2.92. The number of amides is 1. The van der Waals surface area contributed by atoms with E-state index in [1.54, 1.807) is 7.11 Å². The first-order valence-electron chi connectivity index (χ1n) is 6.26. The maximum absolute atomic E-state index is 11.8. The molecule has 0 spiro atoms. The molecule has 2 rings (SSSR count). The maximum atomic E-state index is 11.8. The average Bonchev–Trinajstić information content (AvgIpc) is 2.92. The Morgan fingerprint density at radius 1 is 1.44 bits per heavy atom. The smallest absolute Gasteiger partial charge is 0.249 e. The topological polar surface area (TPSA) is 47.6 Å². The van der Waals surface area contributed by atoms with Crippen LogP contribution in [-0.4, -0.2) is 25.7 Å². The second kappa shape index (κ2) is 6.52. The Kier molecular flexibility index (Phi) is 4.73. The lowest BCUT2D eigenvalue weighted by atomic mass is 10.1. The number of hydrogen-bond acceptors (Lipinski definition) is 3. The number of methoxy groups -OCH3 is 1. The van der Waals surface area contributed by atoms with E-state index < -0.39 is 0 Å². The second-order valence-corrected chi connectivity index (χ2v) is 4.42. The van der Waals surface area contributed by atoms with Crippen LogP contribution in [0.2, 0.25) is 0 Å². The second-order valence-electron chi connectivity index (χ2n) is 4.42. The summed E-state index contributed by atoms with van der Waals surface area (Å²) in [4.78, 5) is 11.8. The molecule has 1 aliphatic heterocycles. The van der Waals surface area contributed by atoms with Crippen LogP contribution in [0.4, 0.5) is 0 Å². The van der Waals surface area contributed by atoms with E-state index in [2.05, 4.69) is 5.32 Å². The summed E-state index contributed by atoms with van der Waals surface area (Å²) in [6, 6.07) is 7.95. The molecule has 0 aromatic heterocycles. The summed E-state index contributed by atoms with van der Waals surface area (Å²) >= 11 is 0. The molecule has 4 heteroatoms. The molecule has 1 heterocycles. The van der Waals surface area contributed by atoms with Gasteiger partial charge in [0.05, 0.1) is 6.61 Å². The van der Waals surface area contributed by atoms with Gasteiger partial charge in [-0.05, 0) is 24.0 Å². The number of ether oxygens (including phenoxy) is 2. The molecule has 0 saturated carbocycles. The zero-order valence-corrected chi connectivity index (χ0v) is 10.6. The highest BCUT2D eigenvalue weighted by Gasteiger charge is 2.23. The number of rotatable bonds is 5. The van der Waals surface area contributed by atoms with Gasteiger partial charge in [0, 0.05) is 20.3 Å². The Labute approximate surface area is 107 Å². The normalized spacial score (nSPS) is 18.8. The fraction of sp³-hybridized carbons (Fsp3) is 0.500. The van der Waals surface area contributed by atoms with Gasteiger partial charge in [-0.1, -0.05) is 24.3 Å². The first kappa shape index (κ1) is 13.1. The monoisotopic (exact) mass is 249 g/mol. The van der Waals surface area contributed by atoms with Crippen LogP contribution in [0, 0.1) is 0 Å². The standard InChI is InChI=1S/C14H19NO3/c1-17-10-12-6-3-2-5-11(12)9-15-14(16)13-7-4-8-18-13/h2-3,5-6,13H,4,7-10H2,1H3,(H,15,16)/t13-/m1/s1. The van der Waals surface area contributed by atoms with Gasteiger partial charge in [0.2, 0.25) is 5.91 Å². The highest BCUT2D eigenvalue weighted by Crippen LogP contribution is 2.13. The van der Waals surface area contributed by atoms with Crippen molar-refractivity contribution in [3.63, 3.8) is 0 Å².